The number of nitrogens with one attached hydrogen (secondary N) is 1. The van der Waals surface area contributed by atoms with Crippen LogP contribution in [0.25, 0.3) is 0 Å². The second-order valence-electron chi connectivity index (χ2n) is 6.25. The van der Waals surface area contributed by atoms with Crippen LogP contribution in [0.15, 0.2) is 56.7 Å². The van der Waals surface area contributed by atoms with E-state index < -0.39 is 0 Å². The van der Waals surface area contributed by atoms with Crippen molar-refractivity contribution in [2.45, 2.75) is 49.6 Å². The highest BCUT2D eigenvalue weighted by Gasteiger charge is 2.09. The van der Waals surface area contributed by atoms with E-state index in [1.165, 1.54) is 20.9 Å². The molecule has 0 spiro atoms. The molecule has 0 aliphatic heterocycles. The summed E-state index contributed by atoms with van der Waals surface area (Å²) in [6.45, 7) is 9.68. The second kappa shape index (κ2) is 6.99. The Bertz CT molecular complexity index is 617. The maximum absolute atomic E-state index is 3.54. The topological polar surface area (TPSA) is 12.0 Å². The largest absolute Gasteiger partial charge is 0.308 e. The highest BCUT2D eigenvalue weighted by molar-refractivity contribution is 9.10. The van der Waals surface area contributed by atoms with E-state index in [9.17, 15) is 0 Å². The third kappa shape index (κ3) is 5.50. The molecule has 0 atom stereocenters. The lowest BCUT2D eigenvalue weighted by Crippen LogP contribution is -2.35. The summed E-state index contributed by atoms with van der Waals surface area (Å²) in [6.07, 6.45) is 0. The summed E-state index contributed by atoms with van der Waals surface area (Å²) in [7, 11) is 0. The van der Waals surface area contributed by atoms with Crippen molar-refractivity contribution in [1.82, 2.24) is 5.32 Å². The molecule has 21 heavy (non-hydrogen) atoms. The van der Waals surface area contributed by atoms with Crippen molar-refractivity contribution in [1.29, 1.82) is 0 Å². The lowest BCUT2D eigenvalue weighted by Gasteiger charge is -2.21. The molecule has 2 aromatic rings. The predicted octanol–water partition coefficient (Wildman–Crippen LogP) is 5.80. The monoisotopic (exact) mass is 363 g/mol. The van der Waals surface area contributed by atoms with Gasteiger partial charge in [-0.1, -0.05) is 39.8 Å². The Morgan fingerprint density at radius 3 is 2.38 bits per heavy atom. The first kappa shape index (κ1) is 16.6. The minimum absolute atomic E-state index is 0.149. The fourth-order valence-electron chi connectivity index (χ4n) is 1.96. The number of halogens is 1. The van der Waals surface area contributed by atoms with E-state index in [-0.39, 0.29) is 5.54 Å². The van der Waals surface area contributed by atoms with E-state index in [0.29, 0.717) is 0 Å². The SMILES string of the molecule is Cc1cc(Sc2cccc(Br)c2)ccc1CNC(C)(C)C. The van der Waals surface area contributed by atoms with Crippen molar-refractivity contribution in [3.63, 3.8) is 0 Å². The van der Waals surface area contributed by atoms with Crippen LogP contribution in [0, 0.1) is 6.92 Å². The van der Waals surface area contributed by atoms with Crippen LogP contribution < -0.4 is 5.32 Å². The van der Waals surface area contributed by atoms with E-state index in [1.54, 1.807) is 11.8 Å². The van der Waals surface area contributed by atoms with Crippen LogP contribution in [-0.2, 0) is 6.54 Å². The van der Waals surface area contributed by atoms with E-state index in [0.717, 1.165) is 11.0 Å². The Labute approximate surface area is 140 Å². The van der Waals surface area contributed by atoms with Gasteiger partial charge >= 0.3 is 0 Å². The van der Waals surface area contributed by atoms with Gasteiger partial charge in [-0.2, -0.15) is 0 Å². The van der Waals surface area contributed by atoms with Gasteiger partial charge in [-0.3, -0.25) is 0 Å². The molecule has 112 valence electrons. The van der Waals surface area contributed by atoms with Gasteiger partial charge in [0.25, 0.3) is 0 Å². The third-order valence-electron chi connectivity index (χ3n) is 3.16. The van der Waals surface area contributed by atoms with Crippen molar-refractivity contribution in [3.05, 3.63) is 58.1 Å². The quantitative estimate of drug-likeness (QED) is 0.736. The van der Waals surface area contributed by atoms with Gasteiger partial charge in [0.2, 0.25) is 0 Å². The molecule has 2 aromatic carbocycles. The average Bonchev–Trinajstić information content (AvgIpc) is 2.36. The summed E-state index contributed by atoms with van der Waals surface area (Å²) >= 11 is 5.32. The fraction of sp³-hybridized carbons (Fsp3) is 0.333. The van der Waals surface area contributed by atoms with Crippen molar-refractivity contribution in [2.24, 2.45) is 0 Å². The summed E-state index contributed by atoms with van der Waals surface area (Å²) in [5.41, 5.74) is 2.85. The summed E-state index contributed by atoms with van der Waals surface area (Å²) < 4.78 is 1.12. The molecule has 0 heterocycles. The molecule has 2 rings (SSSR count). The molecule has 0 radical (unpaired) electrons. The summed E-state index contributed by atoms with van der Waals surface area (Å²) in [6, 6.07) is 15.1. The number of hydrogen-bond donors (Lipinski definition) is 1. The van der Waals surface area contributed by atoms with Crippen molar-refractivity contribution in [3.8, 4) is 0 Å². The zero-order valence-electron chi connectivity index (χ0n) is 13.0. The molecule has 0 aliphatic carbocycles. The highest BCUT2D eigenvalue weighted by Crippen LogP contribution is 2.30. The molecular weight excluding hydrogens is 342 g/mol. The average molecular weight is 364 g/mol. The molecular formula is C18H22BrNS. The van der Waals surface area contributed by atoms with Crippen LogP contribution in [0.1, 0.15) is 31.9 Å². The Kier molecular flexibility index (Phi) is 5.53. The highest BCUT2D eigenvalue weighted by atomic mass is 79.9. The number of rotatable bonds is 4. The van der Waals surface area contributed by atoms with Gasteiger partial charge in [-0.15, -0.1) is 0 Å². The summed E-state index contributed by atoms with van der Waals surface area (Å²) in [4.78, 5) is 2.54. The first-order chi connectivity index (χ1) is 9.83. The van der Waals surface area contributed by atoms with Gasteiger partial charge in [-0.05, 0) is 69.2 Å². The maximum Gasteiger partial charge on any atom is 0.0212 e. The van der Waals surface area contributed by atoms with Gasteiger partial charge in [0.1, 0.15) is 0 Å². The predicted molar refractivity (Wildman–Crippen MR) is 96.0 cm³/mol. The molecule has 0 saturated heterocycles. The molecule has 1 nitrogen and oxygen atoms in total. The maximum atomic E-state index is 3.54. The van der Waals surface area contributed by atoms with Gasteiger partial charge in [0, 0.05) is 26.3 Å². The molecule has 0 bridgehead atoms. The van der Waals surface area contributed by atoms with E-state index in [2.05, 4.69) is 91.4 Å². The van der Waals surface area contributed by atoms with Crippen LogP contribution in [-0.4, -0.2) is 5.54 Å². The zero-order valence-corrected chi connectivity index (χ0v) is 15.4. The number of hydrogen-bond acceptors (Lipinski definition) is 2. The normalized spacial score (nSPS) is 11.7. The van der Waals surface area contributed by atoms with Crippen LogP contribution in [0.3, 0.4) is 0 Å². The molecule has 0 aliphatic rings. The zero-order chi connectivity index (χ0) is 15.5. The Hall–Kier alpha value is -0.770. The Balaban J connectivity index is 2.08. The van der Waals surface area contributed by atoms with Gasteiger partial charge in [0.05, 0.1) is 0 Å². The summed E-state index contributed by atoms with van der Waals surface area (Å²) in [5.74, 6) is 0. The van der Waals surface area contributed by atoms with Crippen molar-refractivity contribution >= 4 is 27.7 Å². The molecule has 0 fully saturated rings. The van der Waals surface area contributed by atoms with Crippen molar-refractivity contribution in [2.75, 3.05) is 0 Å². The van der Waals surface area contributed by atoms with E-state index >= 15 is 0 Å². The second-order valence-corrected chi connectivity index (χ2v) is 8.31. The smallest absolute Gasteiger partial charge is 0.0212 e. The molecule has 0 amide bonds. The lowest BCUT2D eigenvalue weighted by atomic mass is 10.1. The van der Waals surface area contributed by atoms with Gasteiger partial charge < -0.3 is 5.32 Å². The van der Waals surface area contributed by atoms with Crippen LogP contribution in [0.5, 0.6) is 0 Å². The number of benzene rings is 2. The van der Waals surface area contributed by atoms with Crippen LogP contribution >= 0.6 is 27.7 Å². The Morgan fingerprint density at radius 1 is 1.05 bits per heavy atom. The lowest BCUT2D eigenvalue weighted by molar-refractivity contribution is 0.424. The first-order valence-corrected chi connectivity index (χ1v) is 8.72. The molecule has 3 heteroatoms. The minimum atomic E-state index is 0.149. The first-order valence-electron chi connectivity index (χ1n) is 7.11. The third-order valence-corrected chi connectivity index (χ3v) is 4.63. The van der Waals surface area contributed by atoms with E-state index in [1.807, 2.05) is 0 Å². The fourth-order valence-corrected chi connectivity index (χ4v) is 3.48. The molecule has 0 aromatic heterocycles. The molecule has 1 N–H and O–H groups in total. The van der Waals surface area contributed by atoms with Gasteiger partial charge in [-0.25, -0.2) is 0 Å². The molecule has 0 unspecified atom stereocenters. The standard InChI is InChI=1S/C18H22BrNS/c1-13-10-17(21-16-7-5-6-15(19)11-16)9-8-14(13)12-20-18(2,3)4/h5-11,20H,12H2,1-4H3. The molecule has 0 saturated carbocycles. The Morgan fingerprint density at radius 2 is 1.76 bits per heavy atom. The van der Waals surface area contributed by atoms with Crippen LogP contribution in [0.2, 0.25) is 0 Å². The van der Waals surface area contributed by atoms with E-state index in [4.69, 9.17) is 0 Å². The van der Waals surface area contributed by atoms with Crippen molar-refractivity contribution < 1.29 is 0 Å². The minimum Gasteiger partial charge on any atom is -0.308 e. The van der Waals surface area contributed by atoms with Crippen LogP contribution in [0.4, 0.5) is 0 Å². The van der Waals surface area contributed by atoms with Gasteiger partial charge in [0.15, 0.2) is 0 Å². The number of aryl methyl sites for hydroxylation is 1. The summed E-state index contributed by atoms with van der Waals surface area (Å²) in [5, 5.41) is 3.54.